The van der Waals surface area contributed by atoms with Crippen molar-refractivity contribution < 1.29 is 18.3 Å². The van der Waals surface area contributed by atoms with Crippen molar-refractivity contribution in [3.63, 3.8) is 0 Å². The summed E-state index contributed by atoms with van der Waals surface area (Å²) in [6, 6.07) is 13.3. The lowest BCUT2D eigenvalue weighted by Gasteiger charge is -2.28. The molecule has 2 heterocycles. The highest BCUT2D eigenvalue weighted by molar-refractivity contribution is 5.93. The number of likely N-dealkylation sites (tertiary alicyclic amines) is 1. The molecule has 2 aromatic carbocycles. The average Bonchev–Trinajstić information content (AvgIpc) is 3.31. The standard InChI is InChI=1S/C29H34F2N6O2/c1-29(30,31)23-17-32-28(36-26(23)33-22-14-19-6-4-5-7-20(19)15-22)35-24-9-8-21(16-25(24)39-3)34-27(38)18-10-12-37(2)13-11-18/h4-9,16-18,22H,10-15H2,1-3H3,(H,34,38)(H2,32,33,35,36). The number of carbonyl (C=O) groups is 1. The van der Waals surface area contributed by atoms with E-state index in [4.69, 9.17) is 4.74 Å². The number of fused-ring (bicyclic) bond motifs is 1. The van der Waals surface area contributed by atoms with Gasteiger partial charge in [0.2, 0.25) is 11.9 Å². The van der Waals surface area contributed by atoms with Gasteiger partial charge < -0.3 is 25.6 Å². The summed E-state index contributed by atoms with van der Waals surface area (Å²) in [7, 11) is 3.58. The minimum atomic E-state index is -3.11. The maximum absolute atomic E-state index is 14.4. The number of piperidine rings is 1. The second-order valence-electron chi connectivity index (χ2n) is 10.5. The maximum Gasteiger partial charge on any atom is 0.275 e. The number of hydrogen-bond donors (Lipinski definition) is 3. The molecule has 1 aliphatic heterocycles. The van der Waals surface area contributed by atoms with E-state index in [0.717, 1.165) is 51.9 Å². The molecule has 0 atom stereocenters. The molecule has 1 fully saturated rings. The molecular formula is C29H34F2N6O2. The number of hydrogen-bond acceptors (Lipinski definition) is 7. The molecule has 5 rings (SSSR count). The number of ether oxygens (including phenoxy) is 1. The summed E-state index contributed by atoms with van der Waals surface area (Å²) in [4.78, 5) is 23.5. The third kappa shape index (κ3) is 6.27. The van der Waals surface area contributed by atoms with Gasteiger partial charge in [-0.3, -0.25) is 4.79 Å². The summed E-state index contributed by atoms with van der Waals surface area (Å²) < 4.78 is 34.4. The summed E-state index contributed by atoms with van der Waals surface area (Å²) >= 11 is 0. The number of aromatic nitrogens is 2. The van der Waals surface area contributed by atoms with Crippen molar-refractivity contribution in [1.82, 2.24) is 14.9 Å². The van der Waals surface area contributed by atoms with Crippen LogP contribution in [0.4, 0.5) is 31.9 Å². The first kappa shape index (κ1) is 26.8. The zero-order valence-corrected chi connectivity index (χ0v) is 22.4. The van der Waals surface area contributed by atoms with E-state index in [-0.39, 0.29) is 35.2 Å². The van der Waals surface area contributed by atoms with E-state index < -0.39 is 5.92 Å². The van der Waals surface area contributed by atoms with Crippen LogP contribution >= 0.6 is 0 Å². The minimum absolute atomic E-state index is 0.00458. The third-order valence-electron chi connectivity index (χ3n) is 7.46. The summed E-state index contributed by atoms with van der Waals surface area (Å²) in [5.74, 6) is -2.42. The van der Waals surface area contributed by atoms with Gasteiger partial charge in [0, 0.05) is 36.8 Å². The largest absolute Gasteiger partial charge is 0.494 e. The van der Waals surface area contributed by atoms with Gasteiger partial charge in [0.05, 0.1) is 18.4 Å². The van der Waals surface area contributed by atoms with Crippen LogP contribution in [0.3, 0.4) is 0 Å². The number of halogens is 2. The molecule has 1 aromatic heterocycles. The molecule has 1 saturated heterocycles. The van der Waals surface area contributed by atoms with E-state index in [2.05, 4.69) is 50.0 Å². The summed E-state index contributed by atoms with van der Waals surface area (Å²) in [6.07, 6.45) is 4.27. The fourth-order valence-corrected chi connectivity index (χ4v) is 5.24. The maximum atomic E-state index is 14.4. The Balaban J connectivity index is 1.32. The second kappa shape index (κ2) is 11.1. The average molecular weight is 537 g/mol. The van der Waals surface area contributed by atoms with E-state index in [1.165, 1.54) is 18.2 Å². The molecule has 0 radical (unpaired) electrons. The smallest absolute Gasteiger partial charge is 0.275 e. The number of nitrogens with zero attached hydrogens (tertiary/aromatic N) is 3. The predicted octanol–water partition coefficient (Wildman–Crippen LogP) is 5.20. The van der Waals surface area contributed by atoms with Gasteiger partial charge in [-0.15, -0.1) is 0 Å². The van der Waals surface area contributed by atoms with Crippen LogP contribution < -0.4 is 20.7 Å². The number of carbonyl (C=O) groups excluding carboxylic acids is 1. The molecule has 0 spiro atoms. The summed E-state index contributed by atoms with van der Waals surface area (Å²) in [6.45, 7) is 2.64. The van der Waals surface area contributed by atoms with Crippen LogP contribution in [-0.4, -0.2) is 54.1 Å². The first-order valence-corrected chi connectivity index (χ1v) is 13.2. The first-order valence-electron chi connectivity index (χ1n) is 13.2. The van der Waals surface area contributed by atoms with Gasteiger partial charge in [0.1, 0.15) is 11.6 Å². The SMILES string of the molecule is COc1cc(NC(=O)C2CCN(C)CC2)ccc1Nc1ncc(C(C)(F)F)c(NC2Cc3ccccc3C2)n1. The lowest BCUT2D eigenvalue weighted by atomic mass is 9.96. The fourth-order valence-electron chi connectivity index (χ4n) is 5.24. The quantitative estimate of drug-likeness (QED) is 0.365. The van der Waals surface area contributed by atoms with Crippen molar-refractivity contribution in [1.29, 1.82) is 0 Å². The molecule has 0 saturated carbocycles. The Hall–Kier alpha value is -3.79. The van der Waals surface area contributed by atoms with Crippen molar-refractivity contribution >= 4 is 29.0 Å². The number of nitrogens with one attached hydrogen (secondary N) is 3. The monoisotopic (exact) mass is 536 g/mol. The molecule has 206 valence electrons. The van der Waals surface area contributed by atoms with E-state index in [1.807, 2.05) is 12.1 Å². The Morgan fingerprint density at radius 3 is 2.44 bits per heavy atom. The molecule has 0 bridgehead atoms. The molecular weight excluding hydrogens is 502 g/mol. The second-order valence-corrected chi connectivity index (χ2v) is 10.5. The van der Waals surface area contributed by atoms with Crippen LogP contribution in [-0.2, 0) is 23.6 Å². The van der Waals surface area contributed by atoms with E-state index in [1.54, 1.807) is 18.2 Å². The number of methoxy groups -OCH3 is 1. The van der Waals surface area contributed by atoms with Crippen LogP contribution in [0.25, 0.3) is 0 Å². The van der Waals surface area contributed by atoms with Crippen LogP contribution in [0.5, 0.6) is 5.75 Å². The summed E-state index contributed by atoms with van der Waals surface area (Å²) in [5.41, 5.74) is 3.32. The molecule has 2 aliphatic rings. The molecule has 1 amide bonds. The molecule has 8 nitrogen and oxygen atoms in total. The topological polar surface area (TPSA) is 91.4 Å². The van der Waals surface area contributed by atoms with Gasteiger partial charge >= 0.3 is 0 Å². The zero-order chi connectivity index (χ0) is 27.6. The van der Waals surface area contributed by atoms with Gasteiger partial charge in [0.25, 0.3) is 5.92 Å². The van der Waals surface area contributed by atoms with Gasteiger partial charge in [-0.2, -0.15) is 4.98 Å². The van der Waals surface area contributed by atoms with Gasteiger partial charge in [-0.25, -0.2) is 13.8 Å². The lowest BCUT2D eigenvalue weighted by molar-refractivity contribution is -0.121. The van der Waals surface area contributed by atoms with Gasteiger partial charge in [-0.1, -0.05) is 24.3 Å². The Morgan fingerprint density at radius 1 is 1.10 bits per heavy atom. The van der Waals surface area contributed by atoms with Crippen LogP contribution in [0.15, 0.2) is 48.7 Å². The molecule has 3 aromatic rings. The van der Waals surface area contributed by atoms with Crippen molar-refractivity contribution in [3.8, 4) is 5.75 Å². The van der Waals surface area contributed by atoms with Crippen LogP contribution in [0, 0.1) is 5.92 Å². The zero-order valence-electron chi connectivity index (χ0n) is 22.4. The minimum Gasteiger partial charge on any atom is -0.494 e. The van der Waals surface area contributed by atoms with E-state index in [9.17, 15) is 13.6 Å². The number of rotatable bonds is 8. The Morgan fingerprint density at radius 2 is 1.79 bits per heavy atom. The Labute approximate surface area is 227 Å². The number of alkyl halides is 2. The van der Waals surface area contributed by atoms with Gasteiger partial charge in [-0.05, 0) is 69.1 Å². The van der Waals surface area contributed by atoms with E-state index >= 15 is 0 Å². The molecule has 1 aliphatic carbocycles. The highest BCUT2D eigenvalue weighted by atomic mass is 19.3. The molecule has 3 N–H and O–H groups in total. The summed E-state index contributed by atoms with van der Waals surface area (Å²) in [5, 5.41) is 9.30. The normalized spacial score (nSPS) is 16.5. The Bertz CT molecular complexity index is 1310. The number of anilines is 4. The molecule has 10 heteroatoms. The third-order valence-corrected chi connectivity index (χ3v) is 7.46. The van der Waals surface area contributed by atoms with Crippen LogP contribution in [0.2, 0.25) is 0 Å². The predicted molar refractivity (Wildman–Crippen MR) is 148 cm³/mol. The lowest BCUT2D eigenvalue weighted by Crippen LogP contribution is -2.35. The highest BCUT2D eigenvalue weighted by Crippen LogP contribution is 2.35. The Kier molecular flexibility index (Phi) is 7.65. The van der Waals surface area contributed by atoms with Crippen LogP contribution in [0.1, 0.15) is 36.5 Å². The van der Waals surface area contributed by atoms with Crippen molar-refractivity contribution in [2.45, 2.75) is 44.6 Å². The number of amides is 1. The fraction of sp³-hybridized carbons (Fsp3) is 0.414. The van der Waals surface area contributed by atoms with Crippen molar-refractivity contribution in [2.75, 3.05) is 43.2 Å². The van der Waals surface area contributed by atoms with Crippen molar-refractivity contribution in [2.24, 2.45) is 5.92 Å². The molecule has 0 unspecified atom stereocenters. The first-order chi connectivity index (χ1) is 18.7. The molecule has 39 heavy (non-hydrogen) atoms. The van der Waals surface area contributed by atoms with E-state index in [0.29, 0.717) is 17.1 Å². The van der Waals surface area contributed by atoms with Gasteiger partial charge in [0.15, 0.2) is 0 Å². The van der Waals surface area contributed by atoms with Crippen molar-refractivity contribution in [3.05, 3.63) is 65.4 Å². The highest BCUT2D eigenvalue weighted by Gasteiger charge is 2.32. The number of benzene rings is 2.